The minimum atomic E-state index is 0.238. The molecule has 0 aromatic heterocycles. The summed E-state index contributed by atoms with van der Waals surface area (Å²) in [7, 11) is 0. The molecule has 1 saturated heterocycles. The van der Waals surface area contributed by atoms with E-state index in [4.69, 9.17) is 14.7 Å². The summed E-state index contributed by atoms with van der Waals surface area (Å²) in [6.07, 6.45) is 2.24. The zero-order chi connectivity index (χ0) is 22.2. The quantitative estimate of drug-likeness (QED) is 0.536. The van der Waals surface area contributed by atoms with Gasteiger partial charge in [0.15, 0.2) is 0 Å². The lowest BCUT2D eigenvalue weighted by atomic mass is 10.1. The van der Waals surface area contributed by atoms with E-state index in [0.717, 1.165) is 48.6 Å². The summed E-state index contributed by atoms with van der Waals surface area (Å²) in [5.41, 5.74) is 4.02. The highest BCUT2D eigenvalue weighted by atomic mass is 16.5. The molecule has 0 bridgehead atoms. The molecule has 0 saturated carbocycles. The van der Waals surface area contributed by atoms with Crippen molar-refractivity contribution in [2.45, 2.75) is 38.6 Å². The highest BCUT2D eigenvalue weighted by Gasteiger charge is 2.23. The summed E-state index contributed by atoms with van der Waals surface area (Å²) in [6, 6.07) is 25.9. The molecule has 5 nitrogen and oxygen atoms in total. The van der Waals surface area contributed by atoms with Crippen molar-refractivity contribution in [3.05, 3.63) is 95.1 Å². The fraction of sp³-hybridized carbons (Fsp3) is 0.296. The Bertz CT molecular complexity index is 1040. The zero-order valence-electron chi connectivity index (χ0n) is 18.1. The third-order valence-electron chi connectivity index (χ3n) is 5.82. The predicted octanol–water partition coefficient (Wildman–Crippen LogP) is 4.67. The maximum absolute atomic E-state index is 9.49. The molecule has 164 valence electrons. The first kappa shape index (κ1) is 21.9. The first-order chi connectivity index (χ1) is 15.7. The van der Waals surface area contributed by atoms with Gasteiger partial charge in [0.1, 0.15) is 24.7 Å². The Kier molecular flexibility index (Phi) is 7.39. The van der Waals surface area contributed by atoms with E-state index in [1.807, 2.05) is 36.4 Å². The number of benzene rings is 3. The average Bonchev–Trinajstić information content (AvgIpc) is 3.30. The number of rotatable bonds is 9. The zero-order valence-corrected chi connectivity index (χ0v) is 18.1. The largest absolute Gasteiger partial charge is 0.489 e. The minimum Gasteiger partial charge on any atom is -0.489 e. The fourth-order valence-corrected chi connectivity index (χ4v) is 3.95. The number of aliphatic hydroxyl groups is 1. The van der Waals surface area contributed by atoms with Crippen LogP contribution in [-0.2, 0) is 19.8 Å². The normalized spacial score (nSPS) is 15.9. The molecule has 1 N–H and O–H groups in total. The average molecular weight is 429 g/mol. The van der Waals surface area contributed by atoms with E-state index in [2.05, 4.69) is 35.2 Å². The molecule has 1 aliphatic heterocycles. The smallest absolute Gasteiger partial charge is 0.123 e. The Labute approximate surface area is 189 Å². The van der Waals surface area contributed by atoms with Gasteiger partial charge < -0.3 is 14.6 Å². The molecule has 1 heterocycles. The van der Waals surface area contributed by atoms with Gasteiger partial charge in [0.05, 0.1) is 18.2 Å². The number of likely N-dealkylation sites (tertiary alicyclic amines) is 1. The molecule has 1 atom stereocenters. The summed E-state index contributed by atoms with van der Waals surface area (Å²) >= 11 is 0. The van der Waals surface area contributed by atoms with Crippen molar-refractivity contribution in [1.82, 2.24) is 4.90 Å². The van der Waals surface area contributed by atoms with Crippen molar-refractivity contribution in [2.75, 3.05) is 13.2 Å². The van der Waals surface area contributed by atoms with Crippen LogP contribution in [0.2, 0.25) is 0 Å². The molecule has 0 amide bonds. The third kappa shape index (κ3) is 5.88. The van der Waals surface area contributed by atoms with E-state index in [-0.39, 0.29) is 6.61 Å². The lowest BCUT2D eigenvalue weighted by Crippen LogP contribution is -2.31. The Morgan fingerprint density at radius 2 is 1.47 bits per heavy atom. The van der Waals surface area contributed by atoms with E-state index in [1.54, 1.807) is 12.1 Å². The summed E-state index contributed by atoms with van der Waals surface area (Å²) in [6.45, 7) is 3.10. The van der Waals surface area contributed by atoms with E-state index < -0.39 is 0 Å². The van der Waals surface area contributed by atoms with Crippen LogP contribution in [0.15, 0.2) is 72.8 Å². The Balaban J connectivity index is 1.27. The van der Waals surface area contributed by atoms with Crippen LogP contribution in [0.5, 0.6) is 11.5 Å². The van der Waals surface area contributed by atoms with Crippen LogP contribution in [0.3, 0.4) is 0 Å². The first-order valence-electron chi connectivity index (χ1n) is 11.0. The molecule has 0 radical (unpaired) electrons. The van der Waals surface area contributed by atoms with Crippen molar-refractivity contribution in [3.8, 4) is 17.6 Å². The van der Waals surface area contributed by atoms with E-state index >= 15 is 0 Å². The van der Waals surface area contributed by atoms with Crippen molar-refractivity contribution in [1.29, 1.82) is 5.26 Å². The Morgan fingerprint density at radius 3 is 2.06 bits per heavy atom. The molecule has 1 fully saturated rings. The summed E-state index contributed by atoms with van der Waals surface area (Å²) < 4.78 is 11.8. The number of nitrogens with zero attached hydrogens (tertiary/aromatic N) is 2. The molecule has 0 aliphatic carbocycles. The van der Waals surface area contributed by atoms with Gasteiger partial charge in [-0.05, 0) is 60.3 Å². The summed E-state index contributed by atoms with van der Waals surface area (Å²) in [5, 5.41) is 18.4. The Hall–Kier alpha value is -3.33. The maximum Gasteiger partial charge on any atom is 0.123 e. The van der Waals surface area contributed by atoms with Gasteiger partial charge in [0.2, 0.25) is 0 Å². The van der Waals surface area contributed by atoms with E-state index in [9.17, 15) is 5.11 Å². The molecule has 32 heavy (non-hydrogen) atoms. The second-order valence-electron chi connectivity index (χ2n) is 8.13. The second-order valence-corrected chi connectivity index (χ2v) is 8.13. The van der Waals surface area contributed by atoms with Crippen LogP contribution in [0.1, 0.15) is 35.1 Å². The second kappa shape index (κ2) is 10.8. The highest BCUT2D eigenvalue weighted by molar-refractivity contribution is 5.34. The molecule has 0 spiro atoms. The van der Waals surface area contributed by atoms with Gasteiger partial charge in [0, 0.05) is 18.7 Å². The van der Waals surface area contributed by atoms with Crippen molar-refractivity contribution in [3.63, 3.8) is 0 Å². The number of hydrogen-bond acceptors (Lipinski definition) is 5. The van der Waals surface area contributed by atoms with Gasteiger partial charge in [-0.1, -0.05) is 42.5 Å². The highest BCUT2D eigenvalue weighted by Crippen LogP contribution is 2.23. The van der Waals surface area contributed by atoms with Gasteiger partial charge in [-0.3, -0.25) is 4.90 Å². The number of ether oxygens (including phenoxy) is 2. The Morgan fingerprint density at radius 1 is 0.875 bits per heavy atom. The standard InChI is InChI=1S/C27H28N2O3/c28-16-21-6-10-23(11-7-21)19-31-26-4-1-5-27(15-26)32-20-24-12-8-22(9-13-24)17-29-14-2-3-25(29)18-30/h1,4-13,15,25,30H,2-3,14,17-20H2/t25-/m1/s1. The molecule has 1 aliphatic rings. The van der Waals surface area contributed by atoms with Crippen LogP contribution in [0.4, 0.5) is 0 Å². The SMILES string of the molecule is N#Cc1ccc(COc2cccc(OCc3ccc(CN4CCC[C@@H]4CO)cc3)c2)cc1. The number of nitriles is 1. The lowest BCUT2D eigenvalue weighted by Gasteiger charge is -2.22. The first-order valence-corrected chi connectivity index (χ1v) is 11.0. The van der Waals surface area contributed by atoms with Gasteiger partial charge in [0.25, 0.3) is 0 Å². The molecule has 3 aromatic carbocycles. The molecular formula is C27H28N2O3. The molecule has 4 rings (SSSR count). The fourth-order valence-electron chi connectivity index (χ4n) is 3.95. The molecule has 0 unspecified atom stereocenters. The number of aliphatic hydroxyl groups excluding tert-OH is 1. The minimum absolute atomic E-state index is 0.238. The summed E-state index contributed by atoms with van der Waals surface area (Å²) in [4.78, 5) is 2.36. The van der Waals surface area contributed by atoms with Crippen LogP contribution in [0, 0.1) is 11.3 Å². The molecular weight excluding hydrogens is 400 g/mol. The van der Waals surface area contributed by atoms with Crippen LogP contribution >= 0.6 is 0 Å². The number of hydrogen-bond donors (Lipinski definition) is 1. The van der Waals surface area contributed by atoms with Crippen molar-refractivity contribution < 1.29 is 14.6 Å². The van der Waals surface area contributed by atoms with E-state index in [0.29, 0.717) is 24.8 Å². The predicted molar refractivity (Wildman–Crippen MR) is 123 cm³/mol. The topological polar surface area (TPSA) is 65.7 Å². The van der Waals surface area contributed by atoms with Crippen LogP contribution in [-0.4, -0.2) is 29.2 Å². The molecule has 5 heteroatoms. The van der Waals surface area contributed by atoms with Gasteiger partial charge in [-0.2, -0.15) is 5.26 Å². The van der Waals surface area contributed by atoms with Crippen LogP contribution < -0.4 is 9.47 Å². The summed E-state index contributed by atoms with van der Waals surface area (Å²) in [5.74, 6) is 1.50. The van der Waals surface area contributed by atoms with Crippen LogP contribution in [0.25, 0.3) is 0 Å². The third-order valence-corrected chi connectivity index (χ3v) is 5.82. The van der Waals surface area contributed by atoms with Gasteiger partial charge in [-0.15, -0.1) is 0 Å². The van der Waals surface area contributed by atoms with Crippen molar-refractivity contribution in [2.24, 2.45) is 0 Å². The van der Waals surface area contributed by atoms with Crippen molar-refractivity contribution >= 4 is 0 Å². The van der Waals surface area contributed by atoms with E-state index in [1.165, 1.54) is 5.56 Å². The monoisotopic (exact) mass is 428 g/mol. The molecule has 3 aromatic rings. The van der Waals surface area contributed by atoms with Gasteiger partial charge in [-0.25, -0.2) is 0 Å². The maximum atomic E-state index is 9.49. The lowest BCUT2D eigenvalue weighted by molar-refractivity contribution is 0.153. The van der Waals surface area contributed by atoms with Gasteiger partial charge >= 0.3 is 0 Å².